The van der Waals surface area contributed by atoms with Crippen LogP contribution in [-0.2, 0) is 16.3 Å². The third-order valence-electron chi connectivity index (χ3n) is 2.91. The fraction of sp³-hybridized carbons (Fsp3) is 0.500. The molecule has 2 N–H and O–H groups in total. The molecule has 0 heterocycles. The molecule has 0 bridgehead atoms. The van der Waals surface area contributed by atoms with Crippen molar-refractivity contribution in [1.82, 2.24) is 0 Å². The van der Waals surface area contributed by atoms with Crippen LogP contribution in [0.3, 0.4) is 0 Å². The number of hydrogen-bond acceptors (Lipinski definition) is 3. The Labute approximate surface area is 101 Å². The van der Waals surface area contributed by atoms with Gasteiger partial charge in [-0.3, -0.25) is 0 Å². The van der Waals surface area contributed by atoms with Crippen LogP contribution in [0.25, 0.3) is 0 Å². The lowest BCUT2D eigenvalue weighted by Crippen LogP contribution is -2.13. The van der Waals surface area contributed by atoms with Crippen molar-refractivity contribution in [3.05, 3.63) is 23.5 Å². The molecule has 0 atom stereocenters. The van der Waals surface area contributed by atoms with Crippen molar-refractivity contribution in [3.8, 4) is 0 Å². The van der Waals surface area contributed by atoms with Crippen LogP contribution in [0.5, 0.6) is 0 Å². The smallest absolute Gasteiger partial charge is 0.184 e. The predicted octanol–water partition coefficient (Wildman–Crippen LogP) is 2.30. The molecule has 1 aliphatic rings. The summed E-state index contributed by atoms with van der Waals surface area (Å²) in [6, 6.07) is 2.66. The monoisotopic (exact) mass is 257 g/mol. The molecule has 1 fully saturated rings. The maximum Gasteiger partial charge on any atom is 0.184 e. The third-order valence-corrected chi connectivity index (χ3v) is 5.29. The molecule has 5 heteroatoms. The summed E-state index contributed by atoms with van der Waals surface area (Å²) >= 11 is 0. The van der Waals surface area contributed by atoms with Crippen molar-refractivity contribution in [2.75, 3.05) is 5.73 Å². The fourth-order valence-corrected chi connectivity index (χ4v) is 3.94. The lowest BCUT2D eigenvalue weighted by atomic mass is 10.1. The molecule has 1 aliphatic carbocycles. The van der Waals surface area contributed by atoms with Gasteiger partial charge in [-0.1, -0.05) is 13.3 Å². The van der Waals surface area contributed by atoms with E-state index in [4.69, 9.17) is 5.73 Å². The van der Waals surface area contributed by atoms with Crippen LogP contribution in [0.1, 0.15) is 31.7 Å². The first-order valence-electron chi connectivity index (χ1n) is 5.78. The quantitative estimate of drug-likeness (QED) is 0.842. The van der Waals surface area contributed by atoms with Gasteiger partial charge in [0.15, 0.2) is 9.84 Å². The number of sulfone groups is 1. The molecule has 2 rings (SSSR count). The Morgan fingerprint density at radius 1 is 1.41 bits per heavy atom. The molecule has 0 aliphatic heterocycles. The van der Waals surface area contributed by atoms with E-state index in [9.17, 15) is 12.8 Å². The van der Waals surface area contributed by atoms with Crippen LogP contribution >= 0.6 is 0 Å². The molecule has 17 heavy (non-hydrogen) atoms. The molecular weight excluding hydrogens is 241 g/mol. The number of nitrogen functional groups attached to an aromatic ring is 1. The van der Waals surface area contributed by atoms with Crippen molar-refractivity contribution in [2.45, 2.75) is 42.8 Å². The highest BCUT2D eigenvalue weighted by molar-refractivity contribution is 7.92. The Kier molecular flexibility index (Phi) is 3.12. The summed E-state index contributed by atoms with van der Waals surface area (Å²) in [4.78, 5) is -0.129. The summed E-state index contributed by atoms with van der Waals surface area (Å²) < 4.78 is 38.1. The number of rotatable bonds is 4. The lowest BCUT2D eigenvalue weighted by molar-refractivity contribution is 0.561. The molecule has 3 nitrogen and oxygen atoms in total. The van der Waals surface area contributed by atoms with E-state index in [1.54, 1.807) is 6.07 Å². The Balaban J connectivity index is 2.58. The second-order valence-electron chi connectivity index (χ2n) is 4.49. The summed E-state index contributed by atoms with van der Waals surface area (Å²) in [6.07, 6.45) is 2.56. The van der Waals surface area contributed by atoms with Crippen molar-refractivity contribution >= 4 is 15.5 Å². The van der Waals surface area contributed by atoms with E-state index in [2.05, 4.69) is 0 Å². The Bertz CT molecular complexity index is 536. The predicted molar refractivity (Wildman–Crippen MR) is 65.0 cm³/mol. The van der Waals surface area contributed by atoms with Crippen LogP contribution in [0, 0.1) is 5.82 Å². The fourth-order valence-electron chi connectivity index (χ4n) is 1.99. The molecule has 0 amide bonds. The molecule has 1 saturated carbocycles. The molecular formula is C12H16FNO2S. The van der Waals surface area contributed by atoms with Gasteiger partial charge in [-0.25, -0.2) is 12.8 Å². The van der Waals surface area contributed by atoms with Gasteiger partial charge in [0.2, 0.25) is 0 Å². The van der Waals surface area contributed by atoms with E-state index >= 15 is 0 Å². The third kappa shape index (κ3) is 2.29. The summed E-state index contributed by atoms with van der Waals surface area (Å²) in [5.41, 5.74) is 6.35. The minimum Gasteiger partial charge on any atom is -0.399 e. The average Bonchev–Trinajstić information content (AvgIpc) is 2.98. The molecule has 0 spiro atoms. The Morgan fingerprint density at radius 2 is 2.06 bits per heavy atom. The number of aryl methyl sites for hydroxylation is 1. The first-order valence-corrected chi connectivity index (χ1v) is 7.33. The van der Waals surface area contributed by atoms with Crippen LogP contribution < -0.4 is 5.73 Å². The number of benzene rings is 1. The second kappa shape index (κ2) is 4.29. The van der Waals surface area contributed by atoms with E-state index in [1.165, 1.54) is 0 Å². The minimum absolute atomic E-state index is 0.129. The maximum atomic E-state index is 13.9. The first-order chi connectivity index (χ1) is 7.96. The van der Waals surface area contributed by atoms with Gasteiger partial charge in [0, 0.05) is 5.69 Å². The van der Waals surface area contributed by atoms with Crippen LogP contribution in [-0.4, -0.2) is 13.7 Å². The van der Waals surface area contributed by atoms with Gasteiger partial charge < -0.3 is 5.73 Å². The van der Waals surface area contributed by atoms with Gasteiger partial charge in [-0.15, -0.1) is 0 Å². The van der Waals surface area contributed by atoms with Crippen molar-refractivity contribution in [1.29, 1.82) is 0 Å². The molecule has 94 valence electrons. The molecule has 0 aromatic heterocycles. The van der Waals surface area contributed by atoms with Gasteiger partial charge >= 0.3 is 0 Å². The number of anilines is 1. The number of halogens is 1. The van der Waals surface area contributed by atoms with Crippen molar-refractivity contribution < 1.29 is 12.8 Å². The topological polar surface area (TPSA) is 60.2 Å². The second-order valence-corrected chi connectivity index (χ2v) is 6.65. The van der Waals surface area contributed by atoms with Gasteiger partial charge in [0.25, 0.3) is 0 Å². The SMILES string of the molecule is CCCc1cc(N)cc(F)c1S(=O)(=O)C1CC1. The van der Waals surface area contributed by atoms with Gasteiger partial charge in [-0.2, -0.15) is 0 Å². The highest BCUT2D eigenvalue weighted by atomic mass is 32.2. The van der Waals surface area contributed by atoms with Gasteiger partial charge in [0.05, 0.1) is 5.25 Å². The summed E-state index contributed by atoms with van der Waals surface area (Å²) in [5.74, 6) is -0.708. The molecule has 0 radical (unpaired) electrons. The van der Waals surface area contributed by atoms with E-state index in [0.29, 0.717) is 24.8 Å². The minimum atomic E-state index is -3.50. The van der Waals surface area contributed by atoms with Crippen molar-refractivity contribution in [3.63, 3.8) is 0 Å². The Morgan fingerprint density at radius 3 is 2.59 bits per heavy atom. The molecule has 1 aromatic rings. The lowest BCUT2D eigenvalue weighted by Gasteiger charge is -2.11. The number of hydrogen-bond donors (Lipinski definition) is 1. The molecule has 0 unspecified atom stereocenters. The summed E-state index contributed by atoms with van der Waals surface area (Å²) in [7, 11) is -3.50. The summed E-state index contributed by atoms with van der Waals surface area (Å²) in [5, 5.41) is -0.392. The van der Waals surface area contributed by atoms with Crippen LogP contribution in [0.2, 0.25) is 0 Å². The Hall–Kier alpha value is -1.10. The molecule has 0 saturated heterocycles. The average molecular weight is 257 g/mol. The zero-order chi connectivity index (χ0) is 12.6. The maximum absolute atomic E-state index is 13.9. The van der Waals surface area contributed by atoms with E-state index < -0.39 is 20.9 Å². The highest BCUT2D eigenvalue weighted by Crippen LogP contribution is 2.37. The van der Waals surface area contributed by atoms with E-state index in [0.717, 1.165) is 12.5 Å². The zero-order valence-electron chi connectivity index (χ0n) is 9.74. The first kappa shape index (κ1) is 12.4. The largest absolute Gasteiger partial charge is 0.399 e. The van der Waals surface area contributed by atoms with Gasteiger partial charge in [-0.05, 0) is 37.0 Å². The zero-order valence-corrected chi connectivity index (χ0v) is 10.6. The van der Waals surface area contributed by atoms with E-state index in [1.807, 2.05) is 6.92 Å². The van der Waals surface area contributed by atoms with Gasteiger partial charge in [0.1, 0.15) is 10.7 Å². The number of nitrogens with two attached hydrogens (primary N) is 1. The molecule has 1 aromatic carbocycles. The van der Waals surface area contributed by atoms with Crippen molar-refractivity contribution in [2.24, 2.45) is 0 Å². The highest BCUT2D eigenvalue weighted by Gasteiger charge is 2.39. The summed E-state index contributed by atoms with van der Waals surface area (Å²) in [6.45, 7) is 1.93. The normalized spacial score (nSPS) is 16.1. The van der Waals surface area contributed by atoms with E-state index in [-0.39, 0.29) is 10.6 Å². The standard InChI is InChI=1S/C12H16FNO2S/c1-2-3-8-6-9(14)7-11(13)12(8)17(15,16)10-4-5-10/h6-7,10H,2-5,14H2,1H3. The van der Waals surface area contributed by atoms with Crippen LogP contribution in [0.15, 0.2) is 17.0 Å². The van der Waals surface area contributed by atoms with Crippen LogP contribution in [0.4, 0.5) is 10.1 Å².